The zero-order valence-corrected chi connectivity index (χ0v) is 8.96. The molecule has 1 nitrogen and oxygen atoms in total. The van der Waals surface area contributed by atoms with Crippen LogP contribution in [0.3, 0.4) is 0 Å². The summed E-state index contributed by atoms with van der Waals surface area (Å²) in [5, 5.41) is 0. The van der Waals surface area contributed by atoms with E-state index >= 15 is 0 Å². The van der Waals surface area contributed by atoms with Gasteiger partial charge in [-0.3, -0.25) is 0 Å². The van der Waals surface area contributed by atoms with Crippen LogP contribution in [0.15, 0.2) is 24.3 Å². The van der Waals surface area contributed by atoms with Crippen molar-refractivity contribution in [2.45, 2.75) is 0 Å². The molecule has 1 aromatic carbocycles. The van der Waals surface area contributed by atoms with Crippen molar-refractivity contribution >= 4 is 22.6 Å². The van der Waals surface area contributed by atoms with Crippen molar-refractivity contribution in [2.24, 2.45) is 0 Å². The number of halogens is 1. The first-order chi connectivity index (χ1) is 5.86. The van der Waals surface area contributed by atoms with Gasteiger partial charge in [0.05, 0.1) is 11.5 Å². The molecule has 0 aliphatic heterocycles. The SMILES string of the molecule is COc1ccc(C#CCI)cc1. The van der Waals surface area contributed by atoms with Gasteiger partial charge < -0.3 is 4.74 Å². The highest BCUT2D eigenvalue weighted by Crippen LogP contribution is 2.09. The molecule has 0 aliphatic carbocycles. The van der Waals surface area contributed by atoms with Crippen LogP contribution in [0.4, 0.5) is 0 Å². The van der Waals surface area contributed by atoms with E-state index in [2.05, 4.69) is 34.4 Å². The van der Waals surface area contributed by atoms with E-state index in [1.165, 1.54) is 0 Å². The average Bonchev–Trinajstić information content (AvgIpc) is 2.15. The number of rotatable bonds is 1. The fraction of sp³-hybridized carbons (Fsp3) is 0.200. The Morgan fingerprint density at radius 3 is 2.50 bits per heavy atom. The standard InChI is InChI=1S/C10H9IO/c1-12-10-6-4-9(5-7-10)3-2-8-11/h4-7H,8H2,1H3. The van der Waals surface area contributed by atoms with Gasteiger partial charge in [0.25, 0.3) is 0 Å². The lowest BCUT2D eigenvalue weighted by molar-refractivity contribution is 0.415. The average molecular weight is 272 g/mol. The fourth-order valence-electron chi connectivity index (χ4n) is 0.810. The molecule has 0 spiro atoms. The minimum Gasteiger partial charge on any atom is -0.497 e. The Kier molecular flexibility index (Phi) is 3.95. The molecule has 0 fully saturated rings. The van der Waals surface area contributed by atoms with Crippen LogP contribution in [0.1, 0.15) is 5.56 Å². The summed E-state index contributed by atoms with van der Waals surface area (Å²) in [4.78, 5) is 0. The smallest absolute Gasteiger partial charge is 0.118 e. The largest absolute Gasteiger partial charge is 0.497 e. The summed E-state index contributed by atoms with van der Waals surface area (Å²) in [5.74, 6) is 6.90. The third-order valence-corrected chi connectivity index (χ3v) is 1.77. The first-order valence-electron chi connectivity index (χ1n) is 3.55. The molecule has 0 saturated carbocycles. The summed E-state index contributed by atoms with van der Waals surface area (Å²) in [6.45, 7) is 0. The van der Waals surface area contributed by atoms with Crippen LogP contribution in [0.5, 0.6) is 5.75 Å². The number of hydrogen-bond donors (Lipinski definition) is 0. The quantitative estimate of drug-likeness (QED) is 0.433. The van der Waals surface area contributed by atoms with E-state index < -0.39 is 0 Å². The van der Waals surface area contributed by atoms with E-state index in [-0.39, 0.29) is 0 Å². The highest BCUT2D eigenvalue weighted by Gasteiger charge is 1.88. The third-order valence-electron chi connectivity index (χ3n) is 1.39. The normalized spacial score (nSPS) is 8.50. The van der Waals surface area contributed by atoms with E-state index in [0.717, 1.165) is 15.7 Å². The number of hydrogen-bond acceptors (Lipinski definition) is 1. The van der Waals surface area contributed by atoms with Crippen LogP contribution in [0, 0.1) is 11.8 Å². The van der Waals surface area contributed by atoms with Crippen LogP contribution in [-0.2, 0) is 0 Å². The summed E-state index contributed by atoms with van der Waals surface area (Å²) in [5.41, 5.74) is 1.03. The maximum absolute atomic E-state index is 5.02. The van der Waals surface area contributed by atoms with Crippen LogP contribution < -0.4 is 4.74 Å². The molecular formula is C10H9IO. The van der Waals surface area contributed by atoms with Crippen molar-refractivity contribution in [1.82, 2.24) is 0 Å². The first-order valence-corrected chi connectivity index (χ1v) is 5.08. The topological polar surface area (TPSA) is 9.23 Å². The molecule has 12 heavy (non-hydrogen) atoms. The maximum atomic E-state index is 5.02. The zero-order chi connectivity index (χ0) is 8.81. The number of benzene rings is 1. The van der Waals surface area contributed by atoms with E-state index in [1.807, 2.05) is 24.3 Å². The molecule has 62 valence electrons. The number of alkyl halides is 1. The molecule has 0 saturated heterocycles. The Morgan fingerprint density at radius 2 is 2.00 bits per heavy atom. The third kappa shape index (κ3) is 2.74. The van der Waals surface area contributed by atoms with Gasteiger partial charge in [-0.1, -0.05) is 34.4 Å². The monoisotopic (exact) mass is 272 g/mol. The molecule has 0 aromatic heterocycles. The van der Waals surface area contributed by atoms with Crippen molar-refractivity contribution in [3.63, 3.8) is 0 Å². The molecule has 0 heterocycles. The van der Waals surface area contributed by atoms with E-state index in [4.69, 9.17) is 4.74 Å². The van der Waals surface area contributed by atoms with Crippen LogP contribution in [-0.4, -0.2) is 11.5 Å². The highest BCUT2D eigenvalue weighted by molar-refractivity contribution is 14.1. The summed E-state index contributed by atoms with van der Waals surface area (Å²) in [6.07, 6.45) is 0. The van der Waals surface area contributed by atoms with Gasteiger partial charge in [-0.05, 0) is 24.3 Å². The lowest BCUT2D eigenvalue weighted by atomic mass is 10.2. The molecule has 1 rings (SSSR count). The Morgan fingerprint density at radius 1 is 1.33 bits per heavy atom. The number of ether oxygens (including phenoxy) is 1. The second-order valence-corrected chi connectivity index (χ2v) is 2.93. The van der Waals surface area contributed by atoms with Gasteiger partial charge in [0.15, 0.2) is 0 Å². The molecule has 0 radical (unpaired) electrons. The molecule has 0 atom stereocenters. The second-order valence-electron chi connectivity index (χ2n) is 2.16. The molecule has 0 unspecified atom stereocenters. The number of methoxy groups -OCH3 is 1. The van der Waals surface area contributed by atoms with Gasteiger partial charge in [0, 0.05) is 5.56 Å². The van der Waals surface area contributed by atoms with Gasteiger partial charge in [0.2, 0.25) is 0 Å². The molecule has 1 aromatic rings. The molecule has 0 amide bonds. The van der Waals surface area contributed by atoms with Gasteiger partial charge in [0.1, 0.15) is 5.75 Å². The van der Waals surface area contributed by atoms with Crippen molar-refractivity contribution in [3.8, 4) is 17.6 Å². The van der Waals surface area contributed by atoms with Gasteiger partial charge >= 0.3 is 0 Å². The predicted molar refractivity (Wildman–Crippen MR) is 58.8 cm³/mol. The highest BCUT2D eigenvalue weighted by atomic mass is 127. The van der Waals surface area contributed by atoms with Crippen LogP contribution in [0.25, 0.3) is 0 Å². The van der Waals surface area contributed by atoms with E-state index in [0.29, 0.717) is 0 Å². The van der Waals surface area contributed by atoms with Crippen molar-refractivity contribution in [3.05, 3.63) is 29.8 Å². The van der Waals surface area contributed by atoms with E-state index in [9.17, 15) is 0 Å². The van der Waals surface area contributed by atoms with Gasteiger partial charge in [-0.2, -0.15) is 0 Å². The molecule has 0 aliphatic rings. The van der Waals surface area contributed by atoms with Crippen molar-refractivity contribution < 1.29 is 4.74 Å². The van der Waals surface area contributed by atoms with Crippen LogP contribution in [0.2, 0.25) is 0 Å². The Balaban J connectivity index is 2.78. The lowest BCUT2D eigenvalue weighted by Gasteiger charge is -1.97. The molecule has 2 heteroatoms. The lowest BCUT2D eigenvalue weighted by Crippen LogP contribution is -1.81. The molecular weight excluding hydrogens is 263 g/mol. The Hall–Kier alpha value is -0.690. The zero-order valence-electron chi connectivity index (χ0n) is 6.80. The summed E-state index contributed by atoms with van der Waals surface area (Å²) in [6, 6.07) is 7.74. The van der Waals surface area contributed by atoms with Gasteiger partial charge in [-0.25, -0.2) is 0 Å². The van der Waals surface area contributed by atoms with E-state index in [1.54, 1.807) is 7.11 Å². The first kappa shape index (κ1) is 9.40. The summed E-state index contributed by atoms with van der Waals surface area (Å²) >= 11 is 2.23. The minimum atomic E-state index is 0.865. The second kappa shape index (κ2) is 5.04. The van der Waals surface area contributed by atoms with Crippen molar-refractivity contribution in [1.29, 1.82) is 0 Å². The Bertz CT molecular complexity index is 292. The van der Waals surface area contributed by atoms with Crippen LogP contribution >= 0.6 is 22.6 Å². The molecule has 0 N–H and O–H groups in total. The van der Waals surface area contributed by atoms with Gasteiger partial charge in [-0.15, -0.1) is 0 Å². The summed E-state index contributed by atoms with van der Waals surface area (Å²) in [7, 11) is 1.66. The fourth-order valence-corrected chi connectivity index (χ4v) is 1.00. The molecule has 0 bridgehead atoms. The Labute approximate surface area is 86.3 Å². The summed E-state index contributed by atoms with van der Waals surface area (Å²) < 4.78 is 5.89. The minimum absolute atomic E-state index is 0.865. The maximum Gasteiger partial charge on any atom is 0.118 e. The van der Waals surface area contributed by atoms with Crippen molar-refractivity contribution in [2.75, 3.05) is 11.5 Å². The predicted octanol–water partition coefficient (Wildman–Crippen LogP) is 2.48.